The highest BCUT2D eigenvalue weighted by atomic mass is 14.7. The van der Waals surface area contributed by atoms with Crippen LogP contribution in [0.1, 0.15) is 16.7 Å². The predicted molar refractivity (Wildman–Crippen MR) is 76.7 cm³/mol. The van der Waals surface area contributed by atoms with E-state index in [0.29, 0.717) is 0 Å². The lowest BCUT2D eigenvalue weighted by Crippen LogP contribution is -1.92. The van der Waals surface area contributed by atoms with Gasteiger partial charge in [0, 0.05) is 11.8 Å². The summed E-state index contributed by atoms with van der Waals surface area (Å²) in [7, 11) is 0. The maximum atomic E-state index is 4.34. The Morgan fingerprint density at radius 3 is 2.22 bits per heavy atom. The fraction of sp³-hybridized carbons (Fsp3) is 0. The van der Waals surface area contributed by atoms with E-state index in [-0.39, 0.29) is 0 Å². The third-order valence-electron chi connectivity index (χ3n) is 3.09. The number of aliphatic imine (C=N–C) groups is 1. The van der Waals surface area contributed by atoms with Crippen LogP contribution in [0.2, 0.25) is 0 Å². The molecule has 1 heteroatoms. The van der Waals surface area contributed by atoms with Gasteiger partial charge in [0.15, 0.2) is 0 Å². The van der Waals surface area contributed by atoms with E-state index >= 15 is 0 Å². The summed E-state index contributed by atoms with van der Waals surface area (Å²) in [5.74, 6) is 0. The summed E-state index contributed by atoms with van der Waals surface area (Å²) in [5, 5.41) is 0. The molecule has 1 aliphatic rings. The molecule has 3 rings (SSSR count). The van der Waals surface area contributed by atoms with Gasteiger partial charge in [0.2, 0.25) is 0 Å². The Bertz CT molecular complexity index is 648. The number of fused-ring (bicyclic) bond motifs is 1. The van der Waals surface area contributed by atoms with Crippen LogP contribution in [0.25, 0.3) is 5.57 Å². The van der Waals surface area contributed by atoms with Gasteiger partial charge in [-0.1, -0.05) is 61.2 Å². The number of rotatable bonds is 2. The van der Waals surface area contributed by atoms with Gasteiger partial charge in [0.1, 0.15) is 0 Å². The van der Waals surface area contributed by atoms with Crippen molar-refractivity contribution < 1.29 is 0 Å². The standard InChI is InChI=1S/C17H13N/c1-2-18-17-12-16(13-8-4-3-5-9-13)14-10-6-7-11-15(14)17/h2-12H,1H2. The van der Waals surface area contributed by atoms with Crippen molar-refractivity contribution >= 4 is 11.3 Å². The lowest BCUT2D eigenvalue weighted by atomic mass is 9.99. The summed E-state index contributed by atoms with van der Waals surface area (Å²) >= 11 is 0. The molecule has 0 bridgehead atoms. The smallest absolute Gasteiger partial charge is 0.0714 e. The van der Waals surface area contributed by atoms with Gasteiger partial charge in [-0.25, -0.2) is 0 Å². The minimum absolute atomic E-state index is 0.986. The maximum absolute atomic E-state index is 4.34. The summed E-state index contributed by atoms with van der Waals surface area (Å²) < 4.78 is 0. The predicted octanol–water partition coefficient (Wildman–Crippen LogP) is 4.06. The zero-order valence-corrected chi connectivity index (χ0v) is 10.0. The Labute approximate surface area is 107 Å². The second kappa shape index (κ2) is 4.46. The van der Waals surface area contributed by atoms with E-state index in [0.717, 1.165) is 5.71 Å². The highest BCUT2D eigenvalue weighted by Crippen LogP contribution is 2.32. The van der Waals surface area contributed by atoms with E-state index < -0.39 is 0 Å². The highest BCUT2D eigenvalue weighted by Gasteiger charge is 2.19. The monoisotopic (exact) mass is 231 g/mol. The summed E-state index contributed by atoms with van der Waals surface area (Å²) in [6.07, 6.45) is 3.72. The van der Waals surface area contributed by atoms with Crippen molar-refractivity contribution in [2.24, 2.45) is 4.99 Å². The van der Waals surface area contributed by atoms with E-state index in [1.54, 1.807) is 6.20 Å². The first-order valence-electron chi connectivity index (χ1n) is 5.96. The lowest BCUT2D eigenvalue weighted by Gasteiger charge is -2.04. The fourth-order valence-corrected chi connectivity index (χ4v) is 2.30. The molecule has 0 amide bonds. The molecule has 0 saturated heterocycles. The quantitative estimate of drug-likeness (QED) is 0.739. The van der Waals surface area contributed by atoms with Crippen LogP contribution in [0, 0.1) is 0 Å². The van der Waals surface area contributed by atoms with Gasteiger partial charge in [-0.15, -0.1) is 0 Å². The summed E-state index contributed by atoms with van der Waals surface area (Å²) in [6.45, 7) is 3.68. The Kier molecular flexibility index (Phi) is 2.66. The minimum atomic E-state index is 0.986. The third kappa shape index (κ3) is 1.70. The molecule has 0 unspecified atom stereocenters. The molecule has 2 aromatic carbocycles. The van der Waals surface area contributed by atoms with Crippen molar-refractivity contribution in [3.05, 3.63) is 90.1 Å². The first-order chi connectivity index (χ1) is 8.90. The van der Waals surface area contributed by atoms with E-state index in [1.807, 2.05) is 12.1 Å². The minimum Gasteiger partial charge on any atom is -0.257 e. The molecule has 18 heavy (non-hydrogen) atoms. The lowest BCUT2D eigenvalue weighted by molar-refractivity contribution is 1.53. The van der Waals surface area contributed by atoms with Gasteiger partial charge in [-0.3, -0.25) is 4.99 Å². The van der Waals surface area contributed by atoms with Crippen LogP contribution in [0.4, 0.5) is 0 Å². The molecular formula is C17H13N. The second-order valence-corrected chi connectivity index (χ2v) is 4.17. The van der Waals surface area contributed by atoms with Crippen LogP contribution in [0.15, 0.2) is 78.4 Å². The average Bonchev–Trinajstić information content (AvgIpc) is 2.80. The van der Waals surface area contributed by atoms with Crippen LogP contribution in [0.3, 0.4) is 0 Å². The molecular weight excluding hydrogens is 218 g/mol. The molecule has 0 radical (unpaired) electrons. The van der Waals surface area contributed by atoms with E-state index in [1.165, 1.54) is 22.3 Å². The normalized spacial score (nSPS) is 15.3. The van der Waals surface area contributed by atoms with E-state index in [2.05, 4.69) is 60.1 Å². The van der Waals surface area contributed by atoms with Crippen LogP contribution in [-0.2, 0) is 0 Å². The number of hydrogen-bond acceptors (Lipinski definition) is 1. The van der Waals surface area contributed by atoms with Crippen molar-refractivity contribution in [1.82, 2.24) is 0 Å². The molecule has 2 aromatic rings. The number of benzene rings is 2. The van der Waals surface area contributed by atoms with Crippen molar-refractivity contribution in [3.63, 3.8) is 0 Å². The van der Waals surface area contributed by atoms with Crippen molar-refractivity contribution in [2.75, 3.05) is 0 Å². The Morgan fingerprint density at radius 1 is 0.833 bits per heavy atom. The molecule has 86 valence electrons. The SMILES string of the molecule is C=CN=C1C=C(c2ccccc2)c2ccccc21. The number of hydrogen-bond donors (Lipinski definition) is 0. The first kappa shape index (κ1) is 10.7. The Hall–Kier alpha value is -2.41. The average molecular weight is 231 g/mol. The van der Waals surface area contributed by atoms with Gasteiger partial charge in [0.25, 0.3) is 0 Å². The molecule has 0 heterocycles. The van der Waals surface area contributed by atoms with E-state index in [4.69, 9.17) is 0 Å². The van der Waals surface area contributed by atoms with Crippen LogP contribution >= 0.6 is 0 Å². The number of allylic oxidation sites excluding steroid dienone is 1. The van der Waals surface area contributed by atoms with Gasteiger partial charge in [-0.2, -0.15) is 0 Å². The number of nitrogens with zero attached hydrogens (tertiary/aromatic N) is 1. The van der Waals surface area contributed by atoms with E-state index in [9.17, 15) is 0 Å². The molecule has 0 atom stereocenters. The molecule has 0 aromatic heterocycles. The van der Waals surface area contributed by atoms with Gasteiger partial charge < -0.3 is 0 Å². The summed E-state index contributed by atoms with van der Waals surface area (Å²) in [5.41, 5.74) is 5.85. The molecule has 0 spiro atoms. The summed E-state index contributed by atoms with van der Waals surface area (Å²) in [4.78, 5) is 4.34. The Balaban J connectivity index is 2.20. The topological polar surface area (TPSA) is 12.4 Å². The zero-order valence-electron chi connectivity index (χ0n) is 10.0. The molecule has 0 saturated carbocycles. The van der Waals surface area contributed by atoms with Crippen molar-refractivity contribution in [1.29, 1.82) is 0 Å². The van der Waals surface area contributed by atoms with Crippen molar-refractivity contribution in [2.45, 2.75) is 0 Å². The fourth-order valence-electron chi connectivity index (χ4n) is 2.30. The molecule has 0 aliphatic heterocycles. The first-order valence-corrected chi connectivity index (χ1v) is 5.96. The molecule has 1 aliphatic carbocycles. The third-order valence-corrected chi connectivity index (χ3v) is 3.09. The van der Waals surface area contributed by atoms with Gasteiger partial charge in [0.05, 0.1) is 5.71 Å². The van der Waals surface area contributed by atoms with Crippen molar-refractivity contribution in [3.8, 4) is 0 Å². The summed E-state index contributed by atoms with van der Waals surface area (Å²) in [6, 6.07) is 18.7. The van der Waals surface area contributed by atoms with Crippen LogP contribution in [0.5, 0.6) is 0 Å². The van der Waals surface area contributed by atoms with Crippen LogP contribution < -0.4 is 0 Å². The maximum Gasteiger partial charge on any atom is 0.0714 e. The molecule has 0 fully saturated rings. The highest BCUT2D eigenvalue weighted by molar-refractivity contribution is 6.21. The molecule has 0 N–H and O–H groups in total. The van der Waals surface area contributed by atoms with Gasteiger partial charge >= 0.3 is 0 Å². The van der Waals surface area contributed by atoms with Gasteiger partial charge in [-0.05, 0) is 22.8 Å². The van der Waals surface area contributed by atoms with Crippen LogP contribution in [-0.4, -0.2) is 5.71 Å². The zero-order chi connectivity index (χ0) is 12.4. The molecule has 1 nitrogen and oxygen atoms in total. The Morgan fingerprint density at radius 2 is 1.50 bits per heavy atom. The second-order valence-electron chi connectivity index (χ2n) is 4.17. The largest absolute Gasteiger partial charge is 0.257 e.